The Hall–Kier alpha value is -4.66. The number of pyridine rings is 3. The summed E-state index contributed by atoms with van der Waals surface area (Å²) in [6, 6.07) is 9.58. The van der Waals surface area contributed by atoms with E-state index in [9.17, 15) is 19.5 Å². The summed E-state index contributed by atoms with van der Waals surface area (Å²) in [5, 5.41) is 9.63. The average molecular weight is 473 g/mol. The second kappa shape index (κ2) is 12.0. The molecule has 0 aliphatic heterocycles. The molecule has 3 rings (SSSR count). The minimum absolute atomic E-state index is 0.00791. The van der Waals surface area contributed by atoms with Crippen molar-refractivity contribution in [2.75, 3.05) is 13.2 Å². The van der Waals surface area contributed by atoms with Gasteiger partial charge in [0.25, 0.3) is 0 Å². The van der Waals surface area contributed by atoms with Gasteiger partial charge < -0.3 is 14.6 Å². The van der Waals surface area contributed by atoms with Crippen molar-refractivity contribution in [2.24, 2.45) is 0 Å². The number of carboxylic acid groups (broad SMARTS) is 1. The molecule has 0 amide bonds. The van der Waals surface area contributed by atoms with E-state index in [1.54, 1.807) is 50.3 Å². The first-order valence-electron chi connectivity index (χ1n) is 10.8. The maximum atomic E-state index is 11.8. The summed E-state index contributed by atoms with van der Waals surface area (Å²) in [4.78, 5) is 48.2. The fourth-order valence-electron chi connectivity index (χ4n) is 3.01. The molecule has 9 heteroatoms. The Labute approximate surface area is 201 Å². The summed E-state index contributed by atoms with van der Waals surface area (Å²) in [5.74, 6) is -2.07. The number of hydrogen-bond acceptors (Lipinski definition) is 8. The normalized spacial score (nSPS) is 11.0. The molecule has 0 spiro atoms. The topological polar surface area (TPSA) is 129 Å². The summed E-state index contributed by atoms with van der Waals surface area (Å²) in [5.41, 5.74) is 2.81. The molecule has 9 nitrogen and oxygen atoms in total. The van der Waals surface area contributed by atoms with E-state index in [1.807, 2.05) is 0 Å². The van der Waals surface area contributed by atoms with Gasteiger partial charge in [-0.3, -0.25) is 9.97 Å². The van der Waals surface area contributed by atoms with E-state index >= 15 is 0 Å². The van der Waals surface area contributed by atoms with E-state index in [-0.39, 0.29) is 18.8 Å². The van der Waals surface area contributed by atoms with Crippen LogP contribution in [0.15, 0.2) is 60.9 Å². The third-order valence-corrected chi connectivity index (χ3v) is 4.56. The van der Waals surface area contributed by atoms with Gasteiger partial charge in [0.05, 0.1) is 41.6 Å². The van der Waals surface area contributed by atoms with Gasteiger partial charge >= 0.3 is 17.9 Å². The summed E-state index contributed by atoms with van der Waals surface area (Å²) in [6.07, 6.45) is 8.82. The highest BCUT2D eigenvalue weighted by Crippen LogP contribution is 2.24. The van der Waals surface area contributed by atoms with Crippen LogP contribution in [0, 0.1) is 0 Å². The lowest BCUT2D eigenvalue weighted by atomic mass is 10.1. The van der Waals surface area contributed by atoms with Gasteiger partial charge in [-0.25, -0.2) is 19.4 Å². The molecular formula is C26H23N3O6. The zero-order chi connectivity index (χ0) is 25.2. The highest BCUT2D eigenvalue weighted by atomic mass is 16.5. The molecule has 0 aromatic carbocycles. The molecule has 3 aromatic heterocycles. The highest BCUT2D eigenvalue weighted by molar-refractivity contribution is 5.91. The number of rotatable bonds is 9. The van der Waals surface area contributed by atoms with Gasteiger partial charge in [0.2, 0.25) is 0 Å². The maximum Gasteiger partial charge on any atom is 0.335 e. The van der Waals surface area contributed by atoms with Gasteiger partial charge in [-0.1, -0.05) is 0 Å². The number of nitrogens with zero attached hydrogens (tertiary/aromatic N) is 3. The zero-order valence-electron chi connectivity index (χ0n) is 19.2. The molecule has 0 aliphatic carbocycles. The van der Waals surface area contributed by atoms with Crippen LogP contribution in [0.25, 0.3) is 34.9 Å². The molecule has 0 bridgehead atoms. The average Bonchev–Trinajstić information content (AvgIpc) is 2.87. The van der Waals surface area contributed by atoms with Gasteiger partial charge in [-0.15, -0.1) is 0 Å². The number of aromatic carboxylic acids is 1. The van der Waals surface area contributed by atoms with E-state index < -0.39 is 17.9 Å². The van der Waals surface area contributed by atoms with Crippen LogP contribution in [0.2, 0.25) is 0 Å². The SMILES string of the molecule is CCOC(=O)/C=C/c1ccnc(-c2cc(C(=O)O)cc(-c3cc(/C=C/C(=O)OCC)ccn3)n2)c1. The molecule has 0 atom stereocenters. The van der Waals surface area contributed by atoms with Crippen LogP contribution in [0.3, 0.4) is 0 Å². The molecule has 3 heterocycles. The molecular weight excluding hydrogens is 450 g/mol. The van der Waals surface area contributed by atoms with Crippen LogP contribution in [0.4, 0.5) is 0 Å². The van der Waals surface area contributed by atoms with E-state index in [0.29, 0.717) is 33.9 Å². The number of aromatic nitrogens is 3. The van der Waals surface area contributed by atoms with Crippen molar-refractivity contribution in [3.05, 3.63) is 77.6 Å². The van der Waals surface area contributed by atoms with Crippen molar-refractivity contribution in [1.82, 2.24) is 15.0 Å². The summed E-state index contributed by atoms with van der Waals surface area (Å²) in [7, 11) is 0. The van der Waals surface area contributed by atoms with E-state index in [1.165, 1.54) is 36.7 Å². The molecule has 3 aromatic rings. The smallest absolute Gasteiger partial charge is 0.335 e. The second-order valence-electron chi connectivity index (χ2n) is 7.05. The third kappa shape index (κ3) is 7.16. The predicted molar refractivity (Wildman–Crippen MR) is 129 cm³/mol. The third-order valence-electron chi connectivity index (χ3n) is 4.56. The highest BCUT2D eigenvalue weighted by Gasteiger charge is 2.13. The number of carbonyl (C=O) groups is 3. The second-order valence-corrected chi connectivity index (χ2v) is 7.05. The van der Waals surface area contributed by atoms with Crippen molar-refractivity contribution in [3.63, 3.8) is 0 Å². The molecule has 0 saturated heterocycles. The first-order chi connectivity index (χ1) is 16.9. The summed E-state index contributed by atoms with van der Waals surface area (Å²) >= 11 is 0. The van der Waals surface area contributed by atoms with Crippen molar-refractivity contribution in [1.29, 1.82) is 0 Å². The molecule has 0 aliphatic rings. The monoisotopic (exact) mass is 473 g/mol. The number of hydrogen-bond donors (Lipinski definition) is 1. The van der Waals surface area contributed by atoms with Crippen LogP contribution >= 0.6 is 0 Å². The Bertz CT molecular complexity index is 1210. The molecule has 0 unspecified atom stereocenters. The number of ether oxygens (including phenoxy) is 2. The molecule has 0 fully saturated rings. The van der Waals surface area contributed by atoms with Crippen LogP contribution in [0.5, 0.6) is 0 Å². The van der Waals surface area contributed by atoms with E-state index in [0.717, 1.165) is 0 Å². The standard InChI is InChI=1S/C26H23N3O6/c1-3-34-24(30)7-5-17-9-11-27-20(13-17)22-15-19(26(32)33)16-23(29-22)21-14-18(10-12-28-21)6-8-25(31)35-4-2/h5-16H,3-4H2,1-2H3,(H,32,33)/b7-5+,8-6+. The fourth-order valence-corrected chi connectivity index (χ4v) is 3.01. The summed E-state index contributed by atoms with van der Waals surface area (Å²) < 4.78 is 9.76. The van der Waals surface area contributed by atoms with Gasteiger partial charge in [0.1, 0.15) is 0 Å². The molecule has 0 radical (unpaired) electrons. The number of carbonyl (C=O) groups excluding carboxylic acids is 2. The largest absolute Gasteiger partial charge is 0.478 e. The van der Waals surface area contributed by atoms with Gasteiger partial charge in [-0.2, -0.15) is 0 Å². The minimum Gasteiger partial charge on any atom is -0.478 e. The first-order valence-corrected chi connectivity index (χ1v) is 10.8. The molecule has 178 valence electrons. The number of carboxylic acids is 1. The Morgan fingerprint density at radius 1 is 0.771 bits per heavy atom. The molecule has 1 N–H and O–H groups in total. The number of esters is 2. The lowest BCUT2D eigenvalue weighted by Gasteiger charge is -2.08. The van der Waals surface area contributed by atoms with Gasteiger partial charge in [-0.05, 0) is 73.5 Å². The lowest BCUT2D eigenvalue weighted by molar-refractivity contribution is -0.138. The Morgan fingerprint density at radius 3 is 1.63 bits per heavy atom. The predicted octanol–water partition coefficient (Wildman–Crippen LogP) is 4.06. The van der Waals surface area contributed by atoms with Crippen molar-refractivity contribution in [3.8, 4) is 22.8 Å². The van der Waals surface area contributed by atoms with Gasteiger partial charge in [0, 0.05) is 24.5 Å². The fraction of sp³-hybridized carbons (Fsp3) is 0.154. The van der Waals surface area contributed by atoms with E-state index in [4.69, 9.17) is 9.47 Å². The Kier molecular flexibility index (Phi) is 8.55. The quantitative estimate of drug-likeness (QED) is 0.361. The van der Waals surface area contributed by atoms with Crippen molar-refractivity contribution in [2.45, 2.75) is 13.8 Å². The maximum absolute atomic E-state index is 11.8. The van der Waals surface area contributed by atoms with Crippen LogP contribution in [-0.4, -0.2) is 51.2 Å². The molecule has 0 saturated carbocycles. The van der Waals surface area contributed by atoms with Gasteiger partial charge in [0.15, 0.2) is 0 Å². The Morgan fingerprint density at radius 2 is 1.23 bits per heavy atom. The van der Waals surface area contributed by atoms with E-state index in [2.05, 4.69) is 15.0 Å². The van der Waals surface area contributed by atoms with Crippen LogP contribution in [0.1, 0.15) is 35.3 Å². The van der Waals surface area contributed by atoms with Crippen molar-refractivity contribution < 1.29 is 29.0 Å². The summed E-state index contributed by atoms with van der Waals surface area (Å²) in [6.45, 7) is 3.98. The van der Waals surface area contributed by atoms with Crippen LogP contribution in [-0.2, 0) is 19.1 Å². The first kappa shape index (κ1) is 25.0. The zero-order valence-corrected chi connectivity index (χ0v) is 19.2. The Balaban J connectivity index is 1.98. The van der Waals surface area contributed by atoms with Crippen molar-refractivity contribution >= 4 is 30.1 Å². The van der Waals surface area contributed by atoms with Crippen LogP contribution < -0.4 is 0 Å². The molecule has 35 heavy (non-hydrogen) atoms. The lowest BCUT2D eigenvalue weighted by Crippen LogP contribution is -2.01. The minimum atomic E-state index is -1.13.